The van der Waals surface area contributed by atoms with Gasteiger partial charge >= 0.3 is 0 Å². The Labute approximate surface area is 121 Å². The van der Waals surface area contributed by atoms with Gasteiger partial charge in [0, 0.05) is 18.8 Å². The van der Waals surface area contributed by atoms with Crippen molar-refractivity contribution in [2.24, 2.45) is 5.73 Å². The van der Waals surface area contributed by atoms with Crippen LogP contribution in [0, 0.1) is 0 Å². The number of hydrogen-bond donors (Lipinski definition) is 3. The molecular formula is C17H23N3. The number of nitrogens with two attached hydrogens (primary N) is 1. The van der Waals surface area contributed by atoms with Crippen molar-refractivity contribution in [3.05, 3.63) is 54.6 Å². The van der Waals surface area contributed by atoms with Crippen molar-refractivity contribution >= 4 is 5.69 Å². The molecule has 106 valence electrons. The molecule has 2 aromatic rings. The van der Waals surface area contributed by atoms with E-state index < -0.39 is 0 Å². The lowest BCUT2D eigenvalue weighted by molar-refractivity contribution is 0.667. The quantitative estimate of drug-likeness (QED) is 0.646. The fourth-order valence-corrected chi connectivity index (χ4v) is 2.06. The first-order chi connectivity index (χ1) is 9.90. The number of rotatable bonds is 8. The fraction of sp³-hybridized carbons (Fsp3) is 0.294. The molecule has 0 aliphatic rings. The highest BCUT2D eigenvalue weighted by molar-refractivity contribution is 5.65. The van der Waals surface area contributed by atoms with Crippen LogP contribution >= 0.6 is 0 Å². The summed E-state index contributed by atoms with van der Waals surface area (Å²) in [5, 5.41) is 6.76. The van der Waals surface area contributed by atoms with E-state index in [0.29, 0.717) is 0 Å². The number of nitrogens with one attached hydrogen (secondary N) is 2. The molecule has 2 rings (SSSR count). The molecule has 20 heavy (non-hydrogen) atoms. The molecule has 0 heterocycles. The number of benzene rings is 2. The smallest absolute Gasteiger partial charge is 0.0341 e. The van der Waals surface area contributed by atoms with Crippen LogP contribution in [-0.2, 0) is 0 Å². The fourth-order valence-electron chi connectivity index (χ4n) is 2.06. The van der Waals surface area contributed by atoms with Crippen LogP contribution in [0.15, 0.2) is 54.6 Å². The average Bonchev–Trinajstić information content (AvgIpc) is 2.52. The maximum absolute atomic E-state index is 5.44. The topological polar surface area (TPSA) is 50.1 Å². The molecule has 0 radical (unpaired) electrons. The maximum atomic E-state index is 5.44. The van der Waals surface area contributed by atoms with Crippen molar-refractivity contribution in [3.8, 4) is 11.1 Å². The molecule has 0 saturated carbocycles. The summed E-state index contributed by atoms with van der Waals surface area (Å²) in [7, 11) is 0. The van der Waals surface area contributed by atoms with Crippen molar-refractivity contribution < 1.29 is 0 Å². The van der Waals surface area contributed by atoms with Gasteiger partial charge in [0.1, 0.15) is 0 Å². The van der Waals surface area contributed by atoms with E-state index in [1.807, 2.05) is 6.07 Å². The average molecular weight is 269 g/mol. The SMILES string of the molecule is NCCCNCCNc1ccc(-c2ccccc2)cc1. The van der Waals surface area contributed by atoms with Gasteiger partial charge < -0.3 is 16.4 Å². The largest absolute Gasteiger partial charge is 0.384 e. The van der Waals surface area contributed by atoms with Gasteiger partial charge in [0.15, 0.2) is 0 Å². The minimum atomic E-state index is 0.751. The Morgan fingerprint density at radius 2 is 1.45 bits per heavy atom. The first kappa shape index (κ1) is 14.6. The molecule has 3 heteroatoms. The second-order valence-corrected chi connectivity index (χ2v) is 4.76. The minimum Gasteiger partial charge on any atom is -0.384 e. The van der Waals surface area contributed by atoms with Crippen molar-refractivity contribution in [1.82, 2.24) is 5.32 Å². The van der Waals surface area contributed by atoms with Crippen LogP contribution in [0.2, 0.25) is 0 Å². The van der Waals surface area contributed by atoms with Gasteiger partial charge in [-0.15, -0.1) is 0 Å². The van der Waals surface area contributed by atoms with Crippen LogP contribution in [0.5, 0.6) is 0 Å². The summed E-state index contributed by atoms with van der Waals surface area (Å²) in [5.41, 5.74) is 9.10. The van der Waals surface area contributed by atoms with Gasteiger partial charge in [-0.25, -0.2) is 0 Å². The van der Waals surface area contributed by atoms with Crippen molar-refractivity contribution in [3.63, 3.8) is 0 Å². The zero-order valence-corrected chi connectivity index (χ0v) is 11.8. The minimum absolute atomic E-state index is 0.751. The molecule has 0 bridgehead atoms. The Hall–Kier alpha value is -1.84. The van der Waals surface area contributed by atoms with Gasteiger partial charge in [0.2, 0.25) is 0 Å². The van der Waals surface area contributed by atoms with E-state index >= 15 is 0 Å². The lowest BCUT2D eigenvalue weighted by atomic mass is 10.1. The van der Waals surface area contributed by atoms with E-state index in [0.717, 1.165) is 38.3 Å². The van der Waals surface area contributed by atoms with E-state index in [9.17, 15) is 0 Å². The third kappa shape index (κ3) is 4.68. The van der Waals surface area contributed by atoms with Gasteiger partial charge in [-0.3, -0.25) is 0 Å². The Morgan fingerprint density at radius 3 is 2.15 bits per heavy atom. The first-order valence-corrected chi connectivity index (χ1v) is 7.20. The predicted molar refractivity (Wildman–Crippen MR) is 86.9 cm³/mol. The highest BCUT2D eigenvalue weighted by Gasteiger charge is 1.96. The van der Waals surface area contributed by atoms with Crippen molar-refractivity contribution in [2.75, 3.05) is 31.5 Å². The normalized spacial score (nSPS) is 10.4. The highest BCUT2D eigenvalue weighted by Crippen LogP contribution is 2.20. The maximum Gasteiger partial charge on any atom is 0.0341 e. The summed E-state index contributed by atoms with van der Waals surface area (Å²) in [6, 6.07) is 19.0. The molecule has 0 unspecified atom stereocenters. The zero-order valence-electron chi connectivity index (χ0n) is 11.8. The first-order valence-electron chi connectivity index (χ1n) is 7.20. The third-order valence-corrected chi connectivity index (χ3v) is 3.18. The molecule has 0 saturated heterocycles. The van der Waals surface area contributed by atoms with Crippen LogP contribution in [0.25, 0.3) is 11.1 Å². The third-order valence-electron chi connectivity index (χ3n) is 3.18. The van der Waals surface area contributed by atoms with E-state index in [1.165, 1.54) is 11.1 Å². The Morgan fingerprint density at radius 1 is 0.750 bits per heavy atom. The number of hydrogen-bond acceptors (Lipinski definition) is 3. The molecular weight excluding hydrogens is 246 g/mol. The standard InChI is InChI=1S/C17H23N3/c18-11-4-12-19-13-14-20-17-9-7-16(8-10-17)15-5-2-1-3-6-15/h1-3,5-10,19-20H,4,11-14,18H2. The molecule has 0 aliphatic heterocycles. The molecule has 0 aromatic heterocycles. The monoisotopic (exact) mass is 269 g/mol. The highest BCUT2D eigenvalue weighted by atomic mass is 14.9. The van der Waals surface area contributed by atoms with Crippen LogP contribution < -0.4 is 16.4 Å². The molecule has 0 atom stereocenters. The molecule has 2 aromatic carbocycles. The van der Waals surface area contributed by atoms with Gasteiger partial charge in [-0.05, 0) is 42.8 Å². The summed E-state index contributed by atoms with van der Waals surface area (Å²) in [4.78, 5) is 0. The van der Waals surface area contributed by atoms with Gasteiger partial charge in [-0.2, -0.15) is 0 Å². The second-order valence-electron chi connectivity index (χ2n) is 4.76. The Kier molecular flexibility index (Phi) is 6.08. The lowest BCUT2D eigenvalue weighted by Crippen LogP contribution is -2.24. The second kappa shape index (κ2) is 8.35. The van der Waals surface area contributed by atoms with E-state index in [-0.39, 0.29) is 0 Å². The molecule has 0 spiro atoms. The summed E-state index contributed by atoms with van der Waals surface area (Å²) >= 11 is 0. The van der Waals surface area contributed by atoms with Crippen molar-refractivity contribution in [2.45, 2.75) is 6.42 Å². The predicted octanol–water partition coefficient (Wildman–Crippen LogP) is 2.70. The van der Waals surface area contributed by atoms with Crippen LogP contribution in [0.3, 0.4) is 0 Å². The van der Waals surface area contributed by atoms with Gasteiger partial charge in [-0.1, -0.05) is 42.5 Å². The zero-order chi connectivity index (χ0) is 14.0. The van der Waals surface area contributed by atoms with Crippen LogP contribution in [0.4, 0.5) is 5.69 Å². The molecule has 0 amide bonds. The van der Waals surface area contributed by atoms with Gasteiger partial charge in [0.05, 0.1) is 0 Å². The Bertz CT molecular complexity index is 479. The van der Waals surface area contributed by atoms with E-state index in [1.54, 1.807) is 0 Å². The van der Waals surface area contributed by atoms with Gasteiger partial charge in [0.25, 0.3) is 0 Å². The summed E-state index contributed by atoms with van der Waals surface area (Å²) < 4.78 is 0. The summed E-state index contributed by atoms with van der Waals surface area (Å²) in [5.74, 6) is 0. The molecule has 3 nitrogen and oxygen atoms in total. The molecule has 4 N–H and O–H groups in total. The van der Waals surface area contributed by atoms with Crippen LogP contribution in [-0.4, -0.2) is 26.2 Å². The van der Waals surface area contributed by atoms with E-state index in [2.05, 4.69) is 59.2 Å². The summed E-state index contributed by atoms with van der Waals surface area (Å²) in [6.45, 7) is 3.63. The number of anilines is 1. The van der Waals surface area contributed by atoms with Crippen LogP contribution in [0.1, 0.15) is 6.42 Å². The lowest BCUT2D eigenvalue weighted by Gasteiger charge is -2.08. The molecule has 0 aliphatic carbocycles. The summed E-state index contributed by atoms with van der Waals surface area (Å²) in [6.07, 6.45) is 1.03. The molecule has 0 fully saturated rings. The van der Waals surface area contributed by atoms with E-state index in [4.69, 9.17) is 5.73 Å². The Balaban J connectivity index is 1.77. The van der Waals surface area contributed by atoms with Crippen molar-refractivity contribution in [1.29, 1.82) is 0 Å².